The number of nitrogens with zero attached hydrogens (tertiary/aromatic N) is 2. The molecule has 0 atom stereocenters. The van der Waals surface area contributed by atoms with Crippen molar-refractivity contribution in [3.63, 3.8) is 0 Å². The van der Waals surface area contributed by atoms with E-state index in [0.29, 0.717) is 0 Å². The quantitative estimate of drug-likeness (QED) is 0.772. The van der Waals surface area contributed by atoms with Gasteiger partial charge in [-0.15, -0.1) is 0 Å². The first-order chi connectivity index (χ1) is 8.89. The second-order valence-corrected chi connectivity index (χ2v) is 5.79. The van der Waals surface area contributed by atoms with E-state index in [1.807, 2.05) is 40.0 Å². The number of aromatic nitrogens is 2. The highest BCUT2D eigenvalue weighted by atomic mass is 16.7. The topological polar surface area (TPSA) is 49.4 Å². The Hall–Kier alpha value is -1.53. The minimum atomic E-state index is -0.384. The molecule has 19 heavy (non-hydrogen) atoms. The van der Waals surface area contributed by atoms with Crippen molar-refractivity contribution in [2.45, 2.75) is 38.9 Å². The minimum absolute atomic E-state index is 0.338. The molecule has 5 nitrogen and oxygen atoms in total. The van der Waals surface area contributed by atoms with Crippen molar-refractivity contribution in [2.24, 2.45) is 0 Å². The molecule has 0 saturated carbocycles. The summed E-state index contributed by atoms with van der Waals surface area (Å²) in [4.78, 5) is 0. The first kappa shape index (κ1) is 12.5. The molecule has 1 aliphatic heterocycles. The van der Waals surface area contributed by atoms with Crippen LogP contribution in [0.25, 0.3) is 5.69 Å². The minimum Gasteiger partial charge on any atom is -0.470 e. The van der Waals surface area contributed by atoms with Crippen LogP contribution in [-0.4, -0.2) is 28.1 Å². The Morgan fingerprint density at radius 1 is 1.16 bits per heavy atom. The van der Waals surface area contributed by atoms with Gasteiger partial charge in [-0.2, -0.15) is 5.10 Å². The fraction of sp³-hybridized carbons (Fsp3) is 0.462. The van der Waals surface area contributed by atoms with Gasteiger partial charge in [0.1, 0.15) is 12.0 Å². The second kappa shape index (κ2) is 3.98. The zero-order valence-electron chi connectivity index (χ0n) is 11.6. The van der Waals surface area contributed by atoms with E-state index in [0.717, 1.165) is 11.2 Å². The van der Waals surface area contributed by atoms with Gasteiger partial charge in [0.25, 0.3) is 0 Å². The fourth-order valence-corrected chi connectivity index (χ4v) is 1.97. The van der Waals surface area contributed by atoms with E-state index < -0.39 is 0 Å². The average molecular weight is 260 g/mol. The van der Waals surface area contributed by atoms with Crippen LogP contribution in [0.4, 0.5) is 0 Å². The Balaban J connectivity index is 1.85. The van der Waals surface area contributed by atoms with Crippen LogP contribution < -0.4 is 5.46 Å². The molecule has 0 bridgehead atoms. The van der Waals surface area contributed by atoms with E-state index in [9.17, 15) is 0 Å². The van der Waals surface area contributed by atoms with Crippen LogP contribution in [0, 0.1) is 0 Å². The van der Waals surface area contributed by atoms with Gasteiger partial charge < -0.3 is 13.7 Å². The van der Waals surface area contributed by atoms with Crippen molar-refractivity contribution in [1.29, 1.82) is 0 Å². The number of furan rings is 1. The lowest BCUT2D eigenvalue weighted by Gasteiger charge is -2.32. The van der Waals surface area contributed by atoms with Crippen LogP contribution in [0.3, 0.4) is 0 Å². The summed E-state index contributed by atoms with van der Waals surface area (Å²) in [6.45, 7) is 8.14. The van der Waals surface area contributed by atoms with Crippen LogP contribution in [0.5, 0.6) is 0 Å². The molecule has 1 aliphatic rings. The molecule has 0 radical (unpaired) electrons. The summed E-state index contributed by atoms with van der Waals surface area (Å²) in [5, 5.41) is 4.30. The van der Waals surface area contributed by atoms with Gasteiger partial charge in [0.2, 0.25) is 0 Å². The highest BCUT2D eigenvalue weighted by Crippen LogP contribution is 2.36. The summed E-state index contributed by atoms with van der Waals surface area (Å²) in [6, 6.07) is 1.85. The Morgan fingerprint density at radius 2 is 1.84 bits per heavy atom. The van der Waals surface area contributed by atoms with Gasteiger partial charge in [-0.05, 0) is 27.7 Å². The average Bonchev–Trinajstić information content (AvgIpc) is 3.00. The lowest BCUT2D eigenvalue weighted by atomic mass is 9.82. The van der Waals surface area contributed by atoms with Crippen LogP contribution in [0.2, 0.25) is 0 Å². The lowest BCUT2D eigenvalue weighted by Crippen LogP contribution is -2.41. The normalized spacial score (nSPS) is 20.9. The molecule has 0 spiro atoms. The Bertz CT molecular complexity index is 558. The van der Waals surface area contributed by atoms with E-state index in [2.05, 4.69) is 5.10 Å². The van der Waals surface area contributed by atoms with E-state index in [-0.39, 0.29) is 18.3 Å². The van der Waals surface area contributed by atoms with Gasteiger partial charge in [0.05, 0.1) is 17.5 Å². The van der Waals surface area contributed by atoms with E-state index in [1.54, 1.807) is 23.4 Å². The standard InChI is InChI=1S/C13H17BN2O3/c1-12(2)13(3,4)19-14(18-12)10-7-15-16(8-10)11-5-6-17-9-11/h5-9H,1-4H3. The predicted molar refractivity (Wildman–Crippen MR) is 71.5 cm³/mol. The van der Waals surface area contributed by atoms with E-state index in [1.165, 1.54) is 0 Å². The van der Waals surface area contributed by atoms with E-state index in [4.69, 9.17) is 13.7 Å². The van der Waals surface area contributed by atoms with Crippen molar-refractivity contribution >= 4 is 12.6 Å². The van der Waals surface area contributed by atoms with Gasteiger partial charge in [-0.1, -0.05) is 0 Å². The van der Waals surface area contributed by atoms with Crippen LogP contribution in [0.1, 0.15) is 27.7 Å². The molecule has 0 unspecified atom stereocenters. The molecule has 3 heterocycles. The van der Waals surface area contributed by atoms with Gasteiger partial charge >= 0.3 is 7.12 Å². The molecule has 3 rings (SSSR count). The third-order valence-corrected chi connectivity index (χ3v) is 3.90. The Kier molecular flexibility index (Phi) is 2.62. The predicted octanol–water partition coefficient (Wildman–Crippen LogP) is 1.76. The SMILES string of the molecule is CC1(C)OB(c2cnn(-c3ccoc3)c2)OC1(C)C. The summed E-state index contributed by atoms with van der Waals surface area (Å²) < 4.78 is 18.8. The molecule has 6 heteroatoms. The largest absolute Gasteiger partial charge is 0.498 e. The van der Waals surface area contributed by atoms with Crippen molar-refractivity contribution in [2.75, 3.05) is 0 Å². The highest BCUT2D eigenvalue weighted by Gasteiger charge is 2.52. The molecule has 0 amide bonds. The number of rotatable bonds is 2. The zero-order chi connectivity index (χ0) is 13.7. The summed E-state index contributed by atoms with van der Waals surface area (Å²) in [6.07, 6.45) is 6.91. The van der Waals surface area contributed by atoms with Crippen LogP contribution in [-0.2, 0) is 9.31 Å². The van der Waals surface area contributed by atoms with Crippen molar-refractivity contribution in [1.82, 2.24) is 9.78 Å². The smallest absolute Gasteiger partial charge is 0.470 e. The van der Waals surface area contributed by atoms with Crippen molar-refractivity contribution in [3.05, 3.63) is 31.0 Å². The zero-order valence-corrected chi connectivity index (χ0v) is 11.6. The van der Waals surface area contributed by atoms with Crippen LogP contribution >= 0.6 is 0 Å². The molecule has 1 saturated heterocycles. The molecule has 0 aromatic carbocycles. The van der Waals surface area contributed by atoms with Gasteiger partial charge in [-0.3, -0.25) is 0 Å². The Morgan fingerprint density at radius 3 is 2.42 bits per heavy atom. The maximum absolute atomic E-state index is 5.98. The molecule has 100 valence electrons. The van der Waals surface area contributed by atoms with Gasteiger partial charge in [0.15, 0.2) is 0 Å². The maximum Gasteiger partial charge on any atom is 0.498 e. The molecule has 0 aliphatic carbocycles. The van der Waals surface area contributed by atoms with Gasteiger partial charge in [-0.25, -0.2) is 4.68 Å². The lowest BCUT2D eigenvalue weighted by molar-refractivity contribution is 0.00578. The molecular formula is C13H17BN2O3. The Labute approximate surface area is 112 Å². The summed E-state index contributed by atoms with van der Waals surface area (Å²) in [7, 11) is -0.384. The van der Waals surface area contributed by atoms with Crippen molar-refractivity contribution < 1.29 is 13.7 Å². The van der Waals surface area contributed by atoms with Crippen molar-refractivity contribution in [3.8, 4) is 5.69 Å². The van der Waals surface area contributed by atoms with Gasteiger partial charge in [0, 0.05) is 23.9 Å². The number of hydrogen-bond acceptors (Lipinski definition) is 4. The molecule has 1 fully saturated rings. The highest BCUT2D eigenvalue weighted by molar-refractivity contribution is 6.62. The molecule has 2 aromatic rings. The summed E-state index contributed by atoms with van der Waals surface area (Å²) in [5.74, 6) is 0. The molecular weight excluding hydrogens is 243 g/mol. The molecule has 0 N–H and O–H groups in total. The third-order valence-electron chi connectivity index (χ3n) is 3.90. The first-order valence-corrected chi connectivity index (χ1v) is 6.32. The molecule has 2 aromatic heterocycles. The first-order valence-electron chi connectivity index (χ1n) is 6.32. The summed E-state index contributed by atoms with van der Waals surface area (Å²) in [5.41, 5.74) is 1.10. The maximum atomic E-state index is 5.98. The van der Waals surface area contributed by atoms with Crippen LogP contribution in [0.15, 0.2) is 35.4 Å². The number of hydrogen-bond donors (Lipinski definition) is 0. The fourth-order valence-electron chi connectivity index (χ4n) is 1.97. The second-order valence-electron chi connectivity index (χ2n) is 5.79. The van der Waals surface area contributed by atoms with E-state index >= 15 is 0 Å². The monoisotopic (exact) mass is 260 g/mol. The third kappa shape index (κ3) is 2.01. The summed E-state index contributed by atoms with van der Waals surface area (Å²) >= 11 is 0.